The van der Waals surface area contributed by atoms with E-state index < -0.39 is 5.97 Å². The minimum atomic E-state index is -1.23. The van der Waals surface area contributed by atoms with Crippen LogP contribution in [-0.4, -0.2) is 20.6 Å². The number of thiophene rings is 1. The highest BCUT2D eigenvalue weighted by atomic mass is 32.1. The van der Waals surface area contributed by atoms with E-state index in [1.165, 1.54) is 34.1 Å². The summed E-state index contributed by atoms with van der Waals surface area (Å²) in [6, 6.07) is 51.9. The summed E-state index contributed by atoms with van der Waals surface area (Å²) in [5.41, 5.74) is 8.37. The number of aliphatic carboxylic acids is 1. The molecule has 0 bridgehead atoms. The van der Waals surface area contributed by atoms with Gasteiger partial charge in [-0.3, -0.25) is 4.57 Å². The van der Waals surface area contributed by atoms with E-state index >= 15 is 0 Å². The molecule has 0 saturated carbocycles. The van der Waals surface area contributed by atoms with Gasteiger partial charge in [0.05, 0.1) is 11.0 Å². The number of aromatic nitrogens is 2. The Morgan fingerprint density at radius 3 is 1.93 bits per heavy atom. The van der Waals surface area contributed by atoms with E-state index in [0.29, 0.717) is 4.88 Å². The summed E-state index contributed by atoms with van der Waals surface area (Å²) >= 11 is 1.44. The molecule has 5 aromatic carbocycles. The number of carbonyl (C=O) groups is 1. The highest BCUT2D eigenvalue weighted by Crippen LogP contribution is 2.35. The zero-order chi connectivity index (χ0) is 31.5. The van der Waals surface area contributed by atoms with Crippen molar-refractivity contribution in [1.29, 1.82) is 5.26 Å². The molecule has 0 saturated heterocycles. The highest BCUT2D eigenvalue weighted by Gasteiger charge is 2.19. The lowest BCUT2D eigenvalue weighted by molar-refractivity contribution is -0.132. The molecule has 0 amide bonds. The number of imidazole rings is 1. The molecule has 2 heterocycles. The Hall–Kier alpha value is -6.03. The summed E-state index contributed by atoms with van der Waals surface area (Å²) in [6.07, 6.45) is 1.40. The van der Waals surface area contributed by atoms with E-state index in [1.54, 1.807) is 6.07 Å². The predicted molar refractivity (Wildman–Crippen MR) is 185 cm³/mol. The Kier molecular flexibility index (Phi) is 7.82. The number of rotatable bonds is 8. The summed E-state index contributed by atoms with van der Waals surface area (Å²) < 4.78 is 2.21. The number of para-hydroxylation sites is 2. The first-order chi connectivity index (χ1) is 22.6. The van der Waals surface area contributed by atoms with E-state index in [2.05, 4.69) is 108 Å². The monoisotopic (exact) mass is 613 g/mol. The lowest BCUT2D eigenvalue weighted by Crippen LogP contribution is -2.04. The van der Waals surface area contributed by atoms with Crippen LogP contribution in [0, 0.1) is 11.3 Å². The van der Waals surface area contributed by atoms with Crippen molar-refractivity contribution in [2.45, 2.75) is 5.92 Å². The van der Waals surface area contributed by atoms with Crippen molar-refractivity contribution >= 4 is 34.4 Å². The molecule has 0 aliphatic heterocycles. The van der Waals surface area contributed by atoms with Crippen LogP contribution in [0.4, 0.5) is 0 Å². The molecule has 7 aromatic rings. The van der Waals surface area contributed by atoms with Crippen molar-refractivity contribution in [3.8, 4) is 33.6 Å². The average molecular weight is 614 g/mol. The SMILES string of the molecule is N#C/C(=C\c1ccc(-c2ccc(-c3nc4ccccc4n3-c3ccc(C(c4ccccc4)c4ccccc4)cc3)cc2)s1)C(=O)O. The zero-order valence-corrected chi connectivity index (χ0v) is 25.4. The predicted octanol–water partition coefficient (Wildman–Crippen LogP) is 9.59. The molecule has 0 aliphatic carbocycles. The third kappa shape index (κ3) is 5.63. The maximum Gasteiger partial charge on any atom is 0.346 e. The fourth-order valence-corrected chi connectivity index (χ4v) is 6.78. The summed E-state index contributed by atoms with van der Waals surface area (Å²) in [4.78, 5) is 18.0. The molecule has 5 nitrogen and oxygen atoms in total. The molecule has 0 spiro atoms. The maximum absolute atomic E-state index is 11.2. The number of nitrogens with zero attached hydrogens (tertiary/aromatic N) is 3. The van der Waals surface area contributed by atoms with Gasteiger partial charge in [-0.15, -0.1) is 11.3 Å². The molecule has 2 aromatic heterocycles. The van der Waals surface area contributed by atoms with Crippen LogP contribution in [0.3, 0.4) is 0 Å². The minimum absolute atomic E-state index is 0.117. The second kappa shape index (κ2) is 12.5. The van der Waals surface area contributed by atoms with E-state index in [4.69, 9.17) is 10.2 Å². The zero-order valence-electron chi connectivity index (χ0n) is 24.6. The first kappa shape index (κ1) is 28.7. The Balaban J connectivity index is 1.25. The molecule has 0 aliphatic rings. The third-order valence-corrected chi connectivity index (χ3v) is 9.08. The van der Waals surface area contributed by atoms with Gasteiger partial charge in [-0.2, -0.15) is 5.26 Å². The van der Waals surface area contributed by atoms with Gasteiger partial charge in [0.2, 0.25) is 0 Å². The second-order valence-electron chi connectivity index (χ2n) is 10.9. The molecule has 220 valence electrons. The van der Waals surface area contributed by atoms with Gasteiger partial charge in [-0.05, 0) is 64.7 Å². The van der Waals surface area contributed by atoms with Crippen LogP contribution in [0.2, 0.25) is 0 Å². The standard InChI is InChI=1S/C40H27N3O2S/c41-26-32(40(44)45)25-34-23-24-37(46-34)27-15-17-31(18-16-27)39-42-35-13-7-8-14-36(35)43(39)33-21-19-30(20-22-33)38(28-9-3-1-4-10-28)29-11-5-2-6-12-29/h1-25,38H,(H,44,45)/b32-25+. The smallest absolute Gasteiger partial charge is 0.346 e. The molecular formula is C40H27N3O2S. The highest BCUT2D eigenvalue weighted by molar-refractivity contribution is 7.16. The number of fused-ring (bicyclic) bond motifs is 1. The third-order valence-electron chi connectivity index (χ3n) is 8.00. The lowest BCUT2D eigenvalue weighted by Gasteiger charge is -2.19. The van der Waals surface area contributed by atoms with Gasteiger partial charge in [-0.25, -0.2) is 9.78 Å². The van der Waals surface area contributed by atoms with E-state index in [0.717, 1.165) is 38.5 Å². The molecule has 0 atom stereocenters. The van der Waals surface area contributed by atoms with Crippen molar-refractivity contribution in [3.63, 3.8) is 0 Å². The van der Waals surface area contributed by atoms with Crippen LogP contribution in [0.15, 0.2) is 151 Å². The normalized spacial score (nSPS) is 11.5. The van der Waals surface area contributed by atoms with Crippen LogP contribution in [0.25, 0.3) is 44.6 Å². The van der Waals surface area contributed by atoms with Gasteiger partial charge < -0.3 is 5.11 Å². The van der Waals surface area contributed by atoms with E-state index in [-0.39, 0.29) is 11.5 Å². The molecule has 7 rings (SSSR count). The van der Waals surface area contributed by atoms with Gasteiger partial charge in [0.25, 0.3) is 0 Å². The van der Waals surface area contributed by atoms with Crippen molar-refractivity contribution in [3.05, 3.63) is 173 Å². The number of hydrogen-bond acceptors (Lipinski definition) is 4. The van der Waals surface area contributed by atoms with Crippen molar-refractivity contribution in [1.82, 2.24) is 9.55 Å². The van der Waals surface area contributed by atoms with Gasteiger partial charge in [0, 0.05) is 26.9 Å². The Labute approximate surface area is 270 Å². The van der Waals surface area contributed by atoms with Gasteiger partial charge in [0.1, 0.15) is 17.5 Å². The summed E-state index contributed by atoms with van der Waals surface area (Å²) in [6.45, 7) is 0. The van der Waals surface area contributed by atoms with Crippen LogP contribution < -0.4 is 0 Å². The Morgan fingerprint density at radius 1 is 0.717 bits per heavy atom. The Morgan fingerprint density at radius 2 is 1.30 bits per heavy atom. The number of carboxylic acid groups (broad SMARTS) is 1. The topological polar surface area (TPSA) is 78.9 Å². The number of hydrogen-bond donors (Lipinski definition) is 1. The average Bonchev–Trinajstić information content (AvgIpc) is 3.74. The fourth-order valence-electron chi connectivity index (χ4n) is 5.82. The number of benzene rings is 5. The van der Waals surface area contributed by atoms with Gasteiger partial charge in [0.15, 0.2) is 0 Å². The second-order valence-corrected chi connectivity index (χ2v) is 12.0. The van der Waals surface area contributed by atoms with Crippen LogP contribution in [0.5, 0.6) is 0 Å². The summed E-state index contributed by atoms with van der Waals surface area (Å²) in [7, 11) is 0. The van der Waals surface area contributed by atoms with Crippen molar-refractivity contribution < 1.29 is 9.90 Å². The van der Waals surface area contributed by atoms with Crippen LogP contribution in [0.1, 0.15) is 27.5 Å². The summed E-state index contributed by atoms with van der Waals surface area (Å²) in [5.74, 6) is -0.267. The van der Waals surface area contributed by atoms with E-state index in [9.17, 15) is 9.90 Å². The molecule has 0 radical (unpaired) electrons. The first-order valence-corrected chi connectivity index (χ1v) is 15.6. The molecule has 0 unspecified atom stereocenters. The molecule has 6 heteroatoms. The molecule has 1 N–H and O–H groups in total. The van der Waals surface area contributed by atoms with Crippen LogP contribution in [-0.2, 0) is 4.79 Å². The van der Waals surface area contributed by atoms with Crippen molar-refractivity contribution in [2.75, 3.05) is 0 Å². The molecule has 46 heavy (non-hydrogen) atoms. The first-order valence-electron chi connectivity index (χ1n) is 14.8. The van der Waals surface area contributed by atoms with Crippen LogP contribution >= 0.6 is 11.3 Å². The quantitative estimate of drug-likeness (QED) is 0.105. The maximum atomic E-state index is 11.2. The largest absolute Gasteiger partial charge is 0.477 e. The van der Waals surface area contributed by atoms with E-state index in [1.807, 2.05) is 42.5 Å². The molecule has 0 fully saturated rings. The van der Waals surface area contributed by atoms with Gasteiger partial charge >= 0.3 is 5.97 Å². The fraction of sp³-hybridized carbons (Fsp3) is 0.0250. The summed E-state index contributed by atoms with van der Waals surface area (Å²) in [5, 5.41) is 18.3. The Bertz CT molecular complexity index is 2190. The van der Waals surface area contributed by atoms with Gasteiger partial charge in [-0.1, -0.05) is 109 Å². The van der Waals surface area contributed by atoms with Crippen molar-refractivity contribution in [2.24, 2.45) is 0 Å². The number of nitriles is 1. The lowest BCUT2D eigenvalue weighted by atomic mass is 9.85. The minimum Gasteiger partial charge on any atom is -0.477 e. The number of carboxylic acids is 1. The molecular weight excluding hydrogens is 587 g/mol.